The Morgan fingerprint density at radius 1 is 1.22 bits per heavy atom. The molecule has 6 heterocycles. The van der Waals surface area contributed by atoms with Crippen molar-refractivity contribution in [2.24, 2.45) is 17.8 Å². The number of H-pyrrole nitrogens is 1. The van der Waals surface area contributed by atoms with Crippen molar-refractivity contribution in [3.8, 4) is 0 Å². The molecule has 8 nitrogen and oxygen atoms in total. The second-order valence-corrected chi connectivity index (χ2v) is 10.4. The average molecular weight is 486 g/mol. The van der Waals surface area contributed by atoms with Crippen LogP contribution in [0.1, 0.15) is 30.7 Å². The van der Waals surface area contributed by atoms with Crippen molar-refractivity contribution in [3.05, 3.63) is 72.3 Å². The van der Waals surface area contributed by atoms with Gasteiger partial charge in [-0.3, -0.25) is 14.4 Å². The summed E-state index contributed by atoms with van der Waals surface area (Å²) in [7, 11) is 0. The summed E-state index contributed by atoms with van der Waals surface area (Å²) in [6.45, 7) is 2.32. The van der Waals surface area contributed by atoms with Crippen LogP contribution in [0.3, 0.4) is 0 Å². The molecule has 0 radical (unpaired) electrons. The summed E-state index contributed by atoms with van der Waals surface area (Å²) in [5.41, 5.74) is 1.23. The highest BCUT2D eigenvalue weighted by atomic mass is 16.5. The van der Waals surface area contributed by atoms with Crippen molar-refractivity contribution in [2.45, 2.75) is 43.6 Å². The molecule has 2 N–H and O–H groups in total. The van der Waals surface area contributed by atoms with Crippen molar-refractivity contribution in [3.63, 3.8) is 0 Å². The Labute approximate surface area is 207 Å². The number of aromatic nitrogens is 1. The molecule has 4 aliphatic rings. The van der Waals surface area contributed by atoms with Gasteiger partial charge in [0.1, 0.15) is 17.1 Å². The maximum absolute atomic E-state index is 14.0. The molecule has 1 aromatic carbocycles. The molecule has 4 aliphatic heterocycles. The lowest BCUT2D eigenvalue weighted by Crippen LogP contribution is -2.55. The van der Waals surface area contributed by atoms with E-state index in [9.17, 15) is 14.4 Å². The van der Waals surface area contributed by atoms with Crippen molar-refractivity contribution >= 4 is 28.5 Å². The van der Waals surface area contributed by atoms with Crippen LogP contribution in [0, 0.1) is 17.8 Å². The molecule has 7 rings (SSSR count). The first-order valence-electron chi connectivity index (χ1n) is 12.6. The summed E-state index contributed by atoms with van der Waals surface area (Å²) in [6, 6.07) is 10.7. The molecule has 2 aromatic heterocycles. The highest BCUT2D eigenvalue weighted by Crippen LogP contribution is 2.59. The zero-order chi connectivity index (χ0) is 24.6. The fraction of sp³-hybridized carbons (Fsp3) is 0.393. The Kier molecular flexibility index (Phi) is 4.61. The maximum atomic E-state index is 14.0. The number of ether oxygens (including phenoxy) is 1. The van der Waals surface area contributed by atoms with E-state index in [1.807, 2.05) is 43.5 Å². The zero-order valence-electron chi connectivity index (χ0n) is 19.8. The number of hydrogen-bond acceptors (Lipinski definition) is 5. The summed E-state index contributed by atoms with van der Waals surface area (Å²) >= 11 is 0. The van der Waals surface area contributed by atoms with Gasteiger partial charge in [-0.25, -0.2) is 0 Å². The smallest absolute Gasteiger partial charge is 0.230 e. The van der Waals surface area contributed by atoms with Gasteiger partial charge in [-0.1, -0.05) is 37.3 Å². The van der Waals surface area contributed by atoms with Crippen molar-refractivity contribution in [1.29, 1.82) is 0 Å². The number of hydrogen-bond donors (Lipinski definition) is 2. The number of rotatable bonds is 5. The van der Waals surface area contributed by atoms with E-state index in [4.69, 9.17) is 9.15 Å². The number of carbonyl (C=O) groups excluding carboxylic acids is 3. The van der Waals surface area contributed by atoms with Gasteiger partial charge in [-0.15, -0.1) is 0 Å². The molecule has 184 valence electrons. The molecule has 0 saturated carbocycles. The lowest BCUT2D eigenvalue weighted by atomic mass is 9.70. The molecule has 2 amide bonds. The van der Waals surface area contributed by atoms with Crippen LogP contribution in [0.25, 0.3) is 10.9 Å². The Bertz CT molecular complexity index is 1410. The van der Waals surface area contributed by atoms with Gasteiger partial charge in [0.05, 0.1) is 36.3 Å². The number of nitrogens with zero attached hydrogens (tertiary/aromatic N) is 1. The minimum atomic E-state index is -0.971. The van der Waals surface area contributed by atoms with Gasteiger partial charge in [0.25, 0.3) is 0 Å². The van der Waals surface area contributed by atoms with Gasteiger partial charge >= 0.3 is 0 Å². The van der Waals surface area contributed by atoms with E-state index in [1.54, 1.807) is 23.3 Å². The lowest BCUT2D eigenvalue weighted by Gasteiger charge is -2.43. The molecule has 36 heavy (non-hydrogen) atoms. The predicted octanol–water partition coefficient (Wildman–Crippen LogP) is 2.92. The normalized spacial score (nSPS) is 34.4. The number of fused-ring (bicyclic) bond motifs is 3. The van der Waals surface area contributed by atoms with Crippen LogP contribution in [-0.4, -0.2) is 51.8 Å². The van der Waals surface area contributed by atoms with Crippen LogP contribution in [-0.2, 0) is 25.5 Å². The Morgan fingerprint density at radius 2 is 2.08 bits per heavy atom. The van der Waals surface area contributed by atoms with Gasteiger partial charge in [0.15, 0.2) is 0 Å². The van der Waals surface area contributed by atoms with Crippen molar-refractivity contribution in [1.82, 2.24) is 15.2 Å². The Morgan fingerprint density at radius 3 is 2.92 bits per heavy atom. The molecule has 2 bridgehead atoms. The number of nitrogens with one attached hydrogen (secondary N) is 2. The molecule has 5 unspecified atom stereocenters. The zero-order valence-corrected chi connectivity index (χ0v) is 19.8. The maximum Gasteiger partial charge on any atom is 0.230 e. The van der Waals surface area contributed by atoms with Crippen molar-refractivity contribution < 1.29 is 23.5 Å². The van der Waals surface area contributed by atoms with E-state index in [-0.39, 0.29) is 24.0 Å². The van der Waals surface area contributed by atoms with Crippen LogP contribution >= 0.6 is 0 Å². The van der Waals surface area contributed by atoms with Crippen LogP contribution < -0.4 is 5.32 Å². The van der Waals surface area contributed by atoms with Crippen LogP contribution in [0.4, 0.5) is 0 Å². The SMILES string of the molecule is CC1C(=O)CC(c2ccco2)N2C(=O)C3C(C(=O)NCCc4c[nH]c5ccccc45)[C@H]4C=C[C@@]3(O4)C12. The predicted molar refractivity (Wildman–Crippen MR) is 130 cm³/mol. The molecule has 7 atom stereocenters. The second kappa shape index (κ2) is 7.67. The highest BCUT2D eigenvalue weighted by Gasteiger charge is 2.74. The van der Waals surface area contributed by atoms with Gasteiger partial charge in [-0.05, 0) is 30.2 Å². The number of amides is 2. The summed E-state index contributed by atoms with van der Waals surface area (Å²) in [4.78, 5) is 45.5. The quantitative estimate of drug-likeness (QED) is 0.541. The standard InChI is InChI=1S/C28H27N3O5/c1-15-20(32)13-19(21-7-4-12-35-21)31-25(15)28-10-8-22(36-28)23(24(28)27(31)34)26(33)29-11-9-16-14-30-18-6-3-2-5-17(16)18/h2-8,10,12,14-15,19,22-25,30H,9,11,13H2,1H3,(H,29,33)/t15?,19?,22-,23?,24?,25?,28+/m1/s1. The fourth-order valence-electron chi connectivity index (χ4n) is 7.04. The van der Waals surface area contributed by atoms with Crippen LogP contribution in [0.15, 0.2) is 65.4 Å². The third kappa shape index (κ3) is 2.82. The van der Waals surface area contributed by atoms with Gasteiger partial charge < -0.3 is 24.4 Å². The molecule has 0 aliphatic carbocycles. The monoisotopic (exact) mass is 485 g/mol. The first kappa shape index (κ1) is 21.6. The molecule has 3 fully saturated rings. The summed E-state index contributed by atoms with van der Waals surface area (Å²) < 4.78 is 12.0. The number of furan rings is 1. The number of aromatic amines is 1. The minimum absolute atomic E-state index is 0.0764. The summed E-state index contributed by atoms with van der Waals surface area (Å²) in [6.07, 6.45) is 7.75. The van der Waals surface area contributed by atoms with Gasteiger partial charge in [-0.2, -0.15) is 0 Å². The number of Topliss-reactive ketones (excluding diaryl/α,β-unsaturated/α-hetero) is 1. The van der Waals surface area contributed by atoms with E-state index in [0.717, 1.165) is 16.5 Å². The van der Waals surface area contributed by atoms with E-state index in [1.165, 1.54) is 0 Å². The molecule has 3 aromatic rings. The third-order valence-electron chi connectivity index (χ3n) is 8.62. The minimum Gasteiger partial charge on any atom is -0.467 e. The molecule has 1 spiro atoms. The molecule has 3 saturated heterocycles. The first-order chi connectivity index (χ1) is 17.5. The average Bonchev–Trinajstić information content (AvgIpc) is 3.69. The Hall–Kier alpha value is -3.65. The molecule has 8 heteroatoms. The summed E-state index contributed by atoms with van der Waals surface area (Å²) in [5, 5.41) is 4.20. The van der Waals surface area contributed by atoms with E-state index < -0.39 is 41.5 Å². The van der Waals surface area contributed by atoms with Crippen LogP contribution in [0.2, 0.25) is 0 Å². The van der Waals surface area contributed by atoms with Gasteiger partial charge in [0, 0.05) is 36.0 Å². The topological polar surface area (TPSA) is 105 Å². The first-order valence-corrected chi connectivity index (χ1v) is 12.6. The number of para-hydroxylation sites is 1. The van der Waals surface area contributed by atoms with E-state index in [0.29, 0.717) is 18.7 Å². The van der Waals surface area contributed by atoms with Crippen molar-refractivity contribution in [2.75, 3.05) is 6.54 Å². The van der Waals surface area contributed by atoms with E-state index >= 15 is 0 Å². The summed E-state index contributed by atoms with van der Waals surface area (Å²) in [5.74, 6) is -1.33. The van der Waals surface area contributed by atoms with E-state index in [2.05, 4.69) is 16.4 Å². The number of carbonyl (C=O) groups is 3. The number of benzene rings is 1. The molecular formula is C28H27N3O5. The van der Waals surface area contributed by atoms with Crippen LogP contribution in [0.5, 0.6) is 0 Å². The largest absolute Gasteiger partial charge is 0.467 e. The molecular weight excluding hydrogens is 458 g/mol. The Balaban J connectivity index is 1.15. The lowest BCUT2D eigenvalue weighted by molar-refractivity contribution is -0.148. The number of piperidine rings is 1. The third-order valence-corrected chi connectivity index (χ3v) is 8.62. The number of ketones is 1. The second-order valence-electron chi connectivity index (χ2n) is 10.4. The van der Waals surface area contributed by atoms with Gasteiger partial charge in [0.2, 0.25) is 11.8 Å². The highest BCUT2D eigenvalue weighted by molar-refractivity contribution is 5.96. The fourth-order valence-corrected chi connectivity index (χ4v) is 7.04.